The van der Waals surface area contributed by atoms with Crippen LogP contribution in [0.1, 0.15) is 5.56 Å². The first-order valence-electron chi connectivity index (χ1n) is 3.64. The van der Waals surface area contributed by atoms with Gasteiger partial charge in [-0.1, -0.05) is 12.1 Å². The van der Waals surface area contributed by atoms with Gasteiger partial charge < -0.3 is 20.4 Å². The van der Waals surface area contributed by atoms with E-state index < -0.39 is 11.9 Å². The van der Waals surface area contributed by atoms with Gasteiger partial charge in [-0.25, -0.2) is 0 Å². The van der Waals surface area contributed by atoms with E-state index in [1.807, 2.05) is 0 Å². The predicted octanol–water partition coefficient (Wildman–Crippen LogP) is 0.358. The van der Waals surface area contributed by atoms with E-state index in [2.05, 4.69) is 0 Å². The molecular formula is C9H10O4. The van der Waals surface area contributed by atoms with E-state index >= 15 is 0 Å². The summed E-state index contributed by atoms with van der Waals surface area (Å²) in [5.41, 5.74) is 0.554. The lowest BCUT2D eigenvalue weighted by atomic mass is 10.1. The van der Waals surface area contributed by atoms with Crippen molar-refractivity contribution in [3.63, 3.8) is 0 Å². The smallest absolute Gasteiger partial charge is 0.282 e. The largest absolute Gasteiger partial charge is 0.481 e. The third-order valence-corrected chi connectivity index (χ3v) is 1.74. The van der Waals surface area contributed by atoms with Crippen LogP contribution in [0.15, 0.2) is 18.2 Å². The van der Waals surface area contributed by atoms with E-state index in [1.165, 1.54) is 6.07 Å². The Bertz CT molecular complexity index is 425. The summed E-state index contributed by atoms with van der Waals surface area (Å²) in [5, 5.41) is 35.4. The summed E-state index contributed by atoms with van der Waals surface area (Å²) in [6.45, 7) is 1.63. The third-order valence-electron chi connectivity index (χ3n) is 1.74. The summed E-state index contributed by atoms with van der Waals surface area (Å²) in [5.74, 6) is -1.85. The molecule has 1 rings (SSSR count). The minimum atomic E-state index is -0.931. The average molecular weight is 182 g/mol. The van der Waals surface area contributed by atoms with Crippen LogP contribution in [0.4, 0.5) is 0 Å². The number of rotatable bonds is 0. The fourth-order valence-electron chi connectivity index (χ4n) is 1.15. The Kier molecular flexibility index (Phi) is 2.32. The Balaban J connectivity index is 3.88. The van der Waals surface area contributed by atoms with Crippen molar-refractivity contribution < 1.29 is 20.4 Å². The van der Waals surface area contributed by atoms with Gasteiger partial charge in [-0.3, -0.25) is 0 Å². The van der Waals surface area contributed by atoms with Crippen molar-refractivity contribution in [2.24, 2.45) is 0 Å². The van der Waals surface area contributed by atoms with E-state index in [0.29, 0.717) is 5.56 Å². The van der Waals surface area contributed by atoms with E-state index in [0.717, 1.165) is 0 Å². The van der Waals surface area contributed by atoms with E-state index in [-0.39, 0.29) is 10.4 Å². The topological polar surface area (TPSA) is 80.9 Å². The molecular weight excluding hydrogens is 172 g/mol. The van der Waals surface area contributed by atoms with Crippen molar-refractivity contribution in [1.82, 2.24) is 0 Å². The molecule has 1 aromatic rings. The van der Waals surface area contributed by atoms with Gasteiger partial charge in [-0.05, 0) is 18.6 Å². The highest BCUT2D eigenvalue weighted by molar-refractivity contribution is 5.36. The van der Waals surface area contributed by atoms with E-state index in [9.17, 15) is 0 Å². The lowest BCUT2D eigenvalue weighted by Crippen LogP contribution is -2.31. The van der Waals surface area contributed by atoms with Gasteiger partial charge in [0.25, 0.3) is 11.9 Å². The molecule has 4 heteroatoms. The maximum absolute atomic E-state index is 8.87. The summed E-state index contributed by atoms with van der Waals surface area (Å²) < 4.78 is 0. The maximum atomic E-state index is 8.87. The Morgan fingerprint density at radius 3 is 2.00 bits per heavy atom. The molecule has 4 N–H and O–H groups in total. The molecule has 0 saturated heterocycles. The number of aryl methyl sites for hydroxylation is 1. The van der Waals surface area contributed by atoms with Crippen LogP contribution in [0.3, 0.4) is 0 Å². The number of aliphatic hydroxyl groups excluding tert-OH is 2. The van der Waals surface area contributed by atoms with Crippen LogP contribution in [-0.4, -0.2) is 20.4 Å². The molecule has 0 heterocycles. The van der Waals surface area contributed by atoms with Crippen LogP contribution in [-0.2, 0) is 0 Å². The molecule has 0 aliphatic rings. The zero-order valence-electron chi connectivity index (χ0n) is 7.02. The van der Waals surface area contributed by atoms with Crippen molar-refractivity contribution in [2.75, 3.05) is 0 Å². The Morgan fingerprint density at radius 2 is 1.62 bits per heavy atom. The second kappa shape index (κ2) is 3.26. The summed E-state index contributed by atoms with van der Waals surface area (Å²) in [4.78, 5) is 0. The first-order valence-corrected chi connectivity index (χ1v) is 3.64. The van der Waals surface area contributed by atoms with Crippen molar-refractivity contribution in [1.29, 1.82) is 0 Å². The van der Waals surface area contributed by atoms with Crippen molar-refractivity contribution in [3.05, 3.63) is 34.2 Å². The van der Waals surface area contributed by atoms with E-state index in [4.69, 9.17) is 20.4 Å². The second-order valence-electron chi connectivity index (χ2n) is 2.64. The zero-order chi connectivity index (χ0) is 10.0. The van der Waals surface area contributed by atoms with Crippen molar-refractivity contribution >= 4 is 11.9 Å². The number of benzene rings is 1. The highest BCUT2D eigenvalue weighted by Crippen LogP contribution is 1.87. The van der Waals surface area contributed by atoms with Gasteiger partial charge in [0.05, 0.1) is 10.4 Å². The summed E-state index contributed by atoms with van der Waals surface area (Å²) in [6, 6.07) is 4.60. The monoisotopic (exact) mass is 182 g/mol. The molecule has 0 amide bonds. The molecule has 0 aromatic heterocycles. The normalized spacial score (nSPS) is 9.62. The minimum absolute atomic E-state index is 0.000000000000000222. The van der Waals surface area contributed by atoms with Crippen molar-refractivity contribution in [3.8, 4) is 0 Å². The number of hydrogen-bond acceptors (Lipinski definition) is 4. The third kappa shape index (κ3) is 1.66. The molecule has 4 nitrogen and oxygen atoms in total. The molecule has 13 heavy (non-hydrogen) atoms. The zero-order valence-corrected chi connectivity index (χ0v) is 7.02. The highest BCUT2D eigenvalue weighted by Gasteiger charge is 2.00. The number of hydrogen-bond donors (Lipinski definition) is 4. The maximum Gasteiger partial charge on any atom is 0.282 e. The van der Waals surface area contributed by atoms with Crippen LogP contribution in [0.25, 0.3) is 11.9 Å². The summed E-state index contributed by atoms with van der Waals surface area (Å²) >= 11 is 0. The molecule has 70 valence electrons. The molecule has 0 aliphatic heterocycles. The van der Waals surface area contributed by atoms with Gasteiger partial charge in [0.15, 0.2) is 0 Å². The Hall–Kier alpha value is -1.84. The fraction of sp³-hybridized carbons (Fsp3) is 0.111. The Morgan fingerprint density at radius 1 is 1.00 bits per heavy atom. The van der Waals surface area contributed by atoms with Crippen LogP contribution < -0.4 is 10.4 Å². The molecule has 0 fully saturated rings. The van der Waals surface area contributed by atoms with Gasteiger partial charge in [0.1, 0.15) is 0 Å². The Labute approximate surface area is 74.3 Å². The van der Waals surface area contributed by atoms with Crippen LogP contribution in [0.2, 0.25) is 0 Å². The molecule has 0 spiro atoms. The standard InChI is InChI=1S/C9H10O4/c1-5-3-2-4-6(8(10)11)7(5)9(12)13/h2-4,10-13H,1H3. The van der Waals surface area contributed by atoms with Gasteiger partial charge in [-0.15, -0.1) is 0 Å². The quantitative estimate of drug-likeness (QED) is 0.467. The van der Waals surface area contributed by atoms with Crippen molar-refractivity contribution in [2.45, 2.75) is 6.92 Å². The lowest BCUT2D eigenvalue weighted by molar-refractivity contribution is 0.288. The molecule has 0 bridgehead atoms. The van der Waals surface area contributed by atoms with Gasteiger partial charge in [0, 0.05) is 0 Å². The fourth-order valence-corrected chi connectivity index (χ4v) is 1.15. The molecule has 0 unspecified atom stereocenters. The van der Waals surface area contributed by atoms with Gasteiger partial charge in [0.2, 0.25) is 0 Å². The molecule has 0 radical (unpaired) electrons. The molecule has 0 atom stereocenters. The van der Waals surface area contributed by atoms with Gasteiger partial charge >= 0.3 is 0 Å². The van der Waals surface area contributed by atoms with Crippen LogP contribution in [0.5, 0.6) is 0 Å². The molecule has 0 aliphatic carbocycles. The summed E-state index contributed by atoms with van der Waals surface area (Å²) in [7, 11) is 0. The molecule has 0 saturated carbocycles. The average Bonchev–Trinajstić information content (AvgIpc) is 2.02. The minimum Gasteiger partial charge on any atom is -0.481 e. The second-order valence-corrected chi connectivity index (χ2v) is 2.64. The molecule has 1 aromatic carbocycles. The van der Waals surface area contributed by atoms with Gasteiger partial charge in [-0.2, -0.15) is 0 Å². The van der Waals surface area contributed by atoms with Crippen LogP contribution >= 0.6 is 0 Å². The van der Waals surface area contributed by atoms with E-state index in [1.54, 1.807) is 19.1 Å². The number of aliphatic hydroxyl groups is 4. The predicted molar refractivity (Wildman–Crippen MR) is 47.8 cm³/mol. The highest BCUT2D eigenvalue weighted by atomic mass is 16.5. The first-order chi connectivity index (χ1) is 6.04. The summed E-state index contributed by atoms with van der Waals surface area (Å²) in [6.07, 6.45) is 0. The lowest BCUT2D eigenvalue weighted by Gasteiger charge is -1.97. The SMILES string of the molecule is Cc1cccc(=C(O)O)c1=C(O)O. The van der Waals surface area contributed by atoms with Crippen LogP contribution in [0, 0.1) is 6.92 Å². The first kappa shape index (κ1) is 9.25.